The third kappa shape index (κ3) is 2.20. The number of nitrogens with one attached hydrogen (secondary N) is 1. The first-order valence-electron chi connectivity index (χ1n) is 5.98. The van der Waals surface area contributed by atoms with Crippen LogP contribution in [0.5, 0.6) is 0 Å². The van der Waals surface area contributed by atoms with Gasteiger partial charge in [0.2, 0.25) is 11.8 Å². The molecule has 1 saturated carbocycles. The van der Waals surface area contributed by atoms with Crippen LogP contribution in [0.2, 0.25) is 0 Å². The van der Waals surface area contributed by atoms with E-state index in [0.29, 0.717) is 24.3 Å². The van der Waals surface area contributed by atoms with Crippen LogP contribution in [0.15, 0.2) is 0 Å². The zero-order valence-corrected chi connectivity index (χ0v) is 10.2. The molecule has 0 aromatic carbocycles. The Morgan fingerprint density at radius 1 is 1.44 bits per heavy atom. The van der Waals surface area contributed by atoms with Crippen molar-refractivity contribution in [1.82, 2.24) is 10.2 Å². The maximum atomic E-state index is 12.0. The highest BCUT2D eigenvalue weighted by Gasteiger charge is 2.47. The Morgan fingerprint density at radius 2 is 2.06 bits per heavy atom. The van der Waals surface area contributed by atoms with E-state index in [0.717, 1.165) is 6.54 Å². The van der Waals surface area contributed by atoms with Gasteiger partial charge in [-0.05, 0) is 24.7 Å². The molecule has 0 spiro atoms. The maximum absolute atomic E-state index is 12.0. The average molecular weight is 224 g/mol. The minimum absolute atomic E-state index is 0.0154. The van der Waals surface area contributed by atoms with Crippen LogP contribution in [0.1, 0.15) is 33.6 Å². The van der Waals surface area contributed by atoms with Gasteiger partial charge in [-0.1, -0.05) is 13.8 Å². The fourth-order valence-electron chi connectivity index (χ4n) is 2.33. The minimum Gasteiger partial charge on any atom is -0.345 e. The van der Waals surface area contributed by atoms with Crippen LogP contribution in [0, 0.1) is 11.3 Å². The quantitative estimate of drug-likeness (QED) is 0.753. The van der Waals surface area contributed by atoms with Crippen LogP contribution in [0.25, 0.3) is 0 Å². The Bertz CT molecular complexity index is 325. The van der Waals surface area contributed by atoms with Gasteiger partial charge in [0.05, 0.1) is 0 Å². The monoisotopic (exact) mass is 224 g/mol. The zero-order valence-electron chi connectivity index (χ0n) is 10.2. The van der Waals surface area contributed by atoms with Gasteiger partial charge in [-0.3, -0.25) is 9.59 Å². The van der Waals surface area contributed by atoms with E-state index in [-0.39, 0.29) is 17.9 Å². The SMILES string of the molecule is CC1NC(=O)CCN(CC2CC2(C)C)C1=O. The number of carbonyl (C=O) groups is 2. The average Bonchev–Trinajstić information content (AvgIpc) is 2.80. The van der Waals surface area contributed by atoms with E-state index in [2.05, 4.69) is 19.2 Å². The lowest BCUT2D eigenvalue weighted by Gasteiger charge is -2.22. The van der Waals surface area contributed by atoms with Gasteiger partial charge in [0.15, 0.2) is 0 Å². The number of nitrogens with zero attached hydrogens (tertiary/aromatic N) is 1. The van der Waals surface area contributed by atoms with Crippen molar-refractivity contribution in [2.24, 2.45) is 11.3 Å². The largest absolute Gasteiger partial charge is 0.345 e. The maximum Gasteiger partial charge on any atom is 0.244 e. The fraction of sp³-hybridized carbons (Fsp3) is 0.833. The molecule has 0 bridgehead atoms. The highest BCUT2D eigenvalue weighted by atomic mass is 16.2. The summed E-state index contributed by atoms with van der Waals surface area (Å²) in [6.07, 6.45) is 1.62. The van der Waals surface area contributed by atoms with Crippen molar-refractivity contribution in [3.8, 4) is 0 Å². The van der Waals surface area contributed by atoms with E-state index in [4.69, 9.17) is 0 Å². The molecular weight excluding hydrogens is 204 g/mol. The smallest absolute Gasteiger partial charge is 0.244 e. The van der Waals surface area contributed by atoms with Crippen molar-refractivity contribution in [3.05, 3.63) is 0 Å². The summed E-state index contributed by atoms with van der Waals surface area (Å²) in [5, 5.41) is 2.71. The van der Waals surface area contributed by atoms with Crippen LogP contribution in [-0.2, 0) is 9.59 Å². The second-order valence-electron chi connectivity index (χ2n) is 5.71. The van der Waals surface area contributed by atoms with Crippen molar-refractivity contribution in [1.29, 1.82) is 0 Å². The Labute approximate surface area is 96.4 Å². The summed E-state index contributed by atoms with van der Waals surface area (Å²) in [6, 6.07) is -0.364. The summed E-state index contributed by atoms with van der Waals surface area (Å²) in [7, 11) is 0. The number of hydrogen-bond acceptors (Lipinski definition) is 2. The summed E-state index contributed by atoms with van der Waals surface area (Å²) in [5.74, 6) is 0.656. The Balaban J connectivity index is 1.98. The first-order valence-corrected chi connectivity index (χ1v) is 5.98. The third-order valence-electron chi connectivity index (χ3n) is 3.83. The Morgan fingerprint density at radius 3 is 2.62 bits per heavy atom. The minimum atomic E-state index is -0.364. The van der Waals surface area contributed by atoms with E-state index < -0.39 is 0 Å². The van der Waals surface area contributed by atoms with E-state index in [1.807, 2.05) is 4.90 Å². The van der Waals surface area contributed by atoms with E-state index in [9.17, 15) is 9.59 Å². The second kappa shape index (κ2) is 3.75. The van der Waals surface area contributed by atoms with E-state index in [1.54, 1.807) is 6.92 Å². The standard InChI is InChI=1S/C12H20N2O2/c1-8-11(16)14(5-4-10(15)13-8)7-9-6-12(9,2)3/h8-9H,4-7H2,1-3H3,(H,13,15). The molecule has 1 saturated heterocycles. The molecule has 1 aliphatic carbocycles. The summed E-state index contributed by atoms with van der Waals surface area (Å²) < 4.78 is 0. The van der Waals surface area contributed by atoms with Crippen molar-refractivity contribution < 1.29 is 9.59 Å². The summed E-state index contributed by atoms with van der Waals surface area (Å²) in [4.78, 5) is 25.1. The topological polar surface area (TPSA) is 49.4 Å². The first kappa shape index (κ1) is 11.4. The van der Waals surface area contributed by atoms with Gasteiger partial charge in [-0.25, -0.2) is 0 Å². The molecule has 2 unspecified atom stereocenters. The third-order valence-corrected chi connectivity index (χ3v) is 3.83. The number of hydrogen-bond donors (Lipinski definition) is 1. The molecule has 2 fully saturated rings. The predicted molar refractivity (Wildman–Crippen MR) is 60.7 cm³/mol. The van der Waals surface area contributed by atoms with Crippen LogP contribution in [0.3, 0.4) is 0 Å². The molecule has 2 amide bonds. The van der Waals surface area contributed by atoms with Gasteiger partial charge < -0.3 is 10.2 Å². The molecule has 0 aromatic rings. The Kier molecular flexibility index (Phi) is 2.68. The lowest BCUT2D eigenvalue weighted by Crippen LogP contribution is -2.43. The lowest BCUT2D eigenvalue weighted by molar-refractivity contribution is -0.133. The first-order chi connectivity index (χ1) is 7.40. The number of carbonyl (C=O) groups excluding carboxylic acids is 2. The van der Waals surface area contributed by atoms with Crippen molar-refractivity contribution in [2.75, 3.05) is 13.1 Å². The normalized spacial score (nSPS) is 33.3. The molecule has 2 rings (SSSR count). The van der Waals surface area contributed by atoms with Gasteiger partial charge >= 0.3 is 0 Å². The highest BCUT2D eigenvalue weighted by Crippen LogP contribution is 2.51. The molecular formula is C12H20N2O2. The van der Waals surface area contributed by atoms with Crippen molar-refractivity contribution in [2.45, 2.75) is 39.7 Å². The molecule has 1 N–H and O–H groups in total. The van der Waals surface area contributed by atoms with E-state index >= 15 is 0 Å². The summed E-state index contributed by atoms with van der Waals surface area (Å²) >= 11 is 0. The molecule has 1 heterocycles. The highest BCUT2D eigenvalue weighted by molar-refractivity contribution is 5.89. The molecule has 0 radical (unpaired) electrons. The molecule has 2 aliphatic rings. The summed E-state index contributed by atoms with van der Waals surface area (Å²) in [5.41, 5.74) is 0.382. The van der Waals surface area contributed by atoms with Gasteiger partial charge in [0.25, 0.3) is 0 Å². The number of amides is 2. The molecule has 0 aromatic heterocycles. The molecule has 16 heavy (non-hydrogen) atoms. The molecule has 4 heteroatoms. The predicted octanol–water partition coefficient (Wildman–Crippen LogP) is 0.769. The van der Waals surface area contributed by atoms with Gasteiger partial charge in [0.1, 0.15) is 6.04 Å². The summed E-state index contributed by atoms with van der Waals surface area (Å²) in [6.45, 7) is 7.60. The molecule has 90 valence electrons. The fourth-order valence-corrected chi connectivity index (χ4v) is 2.33. The van der Waals surface area contributed by atoms with Gasteiger partial charge in [0, 0.05) is 19.5 Å². The van der Waals surface area contributed by atoms with Gasteiger partial charge in [-0.15, -0.1) is 0 Å². The molecule has 4 nitrogen and oxygen atoms in total. The zero-order chi connectivity index (χ0) is 11.9. The molecule has 2 atom stereocenters. The molecule has 1 aliphatic heterocycles. The van der Waals surface area contributed by atoms with Crippen molar-refractivity contribution >= 4 is 11.8 Å². The number of rotatable bonds is 2. The van der Waals surface area contributed by atoms with Crippen LogP contribution in [0.4, 0.5) is 0 Å². The van der Waals surface area contributed by atoms with E-state index in [1.165, 1.54) is 6.42 Å². The lowest BCUT2D eigenvalue weighted by atomic mass is 10.1. The second-order valence-corrected chi connectivity index (χ2v) is 5.71. The van der Waals surface area contributed by atoms with Crippen LogP contribution in [-0.4, -0.2) is 35.8 Å². The van der Waals surface area contributed by atoms with Crippen LogP contribution >= 0.6 is 0 Å². The van der Waals surface area contributed by atoms with Crippen LogP contribution < -0.4 is 5.32 Å². The van der Waals surface area contributed by atoms with Crippen molar-refractivity contribution in [3.63, 3.8) is 0 Å². The van der Waals surface area contributed by atoms with Gasteiger partial charge in [-0.2, -0.15) is 0 Å². The Hall–Kier alpha value is -1.06.